The molecule has 9 heteroatoms. The smallest absolute Gasteiger partial charge is 0.242 e. The number of benzene rings is 1. The van der Waals surface area contributed by atoms with Crippen molar-refractivity contribution in [2.45, 2.75) is 38.3 Å². The number of imidazole rings is 1. The molecule has 0 radical (unpaired) electrons. The Morgan fingerprint density at radius 1 is 1.25 bits per heavy atom. The van der Waals surface area contributed by atoms with Gasteiger partial charge < -0.3 is 19.7 Å². The Kier molecular flexibility index (Phi) is 5.62. The van der Waals surface area contributed by atoms with Gasteiger partial charge in [0.2, 0.25) is 11.9 Å². The van der Waals surface area contributed by atoms with Crippen molar-refractivity contribution in [1.82, 2.24) is 24.8 Å². The number of amides is 1. The van der Waals surface area contributed by atoms with Gasteiger partial charge in [-0.2, -0.15) is 4.98 Å². The molecular formula is C23H26N6O3. The van der Waals surface area contributed by atoms with Gasteiger partial charge in [-0.1, -0.05) is 12.1 Å². The normalized spacial score (nSPS) is 19.7. The number of hydrogen-bond donors (Lipinski definition) is 1. The van der Waals surface area contributed by atoms with Gasteiger partial charge in [0.1, 0.15) is 30.9 Å². The number of rotatable bonds is 6. The highest BCUT2D eigenvalue weighted by Crippen LogP contribution is 2.31. The van der Waals surface area contributed by atoms with Crippen LogP contribution in [0.15, 0.2) is 49.1 Å². The van der Waals surface area contributed by atoms with E-state index in [1.54, 1.807) is 17.1 Å². The molecule has 4 heterocycles. The first-order chi connectivity index (χ1) is 15.7. The molecule has 1 saturated heterocycles. The molecule has 5 rings (SSSR count). The van der Waals surface area contributed by atoms with Crippen LogP contribution >= 0.6 is 0 Å². The van der Waals surface area contributed by atoms with E-state index >= 15 is 0 Å². The molecule has 1 amide bonds. The molecule has 0 aliphatic carbocycles. The summed E-state index contributed by atoms with van der Waals surface area (Å²) in [5, 5.41) is 3.08. The second-order valence-corrected chi connectivity index (χ2v) is 8.07. The van der Waals surface area contributed by atoms with E-state index in [0.29, 0.717) is 25.5 Å². The van der Waals surface area contributed by atoms with Crippen LogP contribution in [0.1, 0.15) is 25.0 Å². The fourth-order valence-electron chi connectivity index (χ4n) is 4.17. The lowest BCUT2D eigenvalue weighted by Crippen LogP contribution is -2.45. The highest BCUT2D eigenvalue weighted by Gasteiger charge is 2.32. The number of hydrogen-bond acceptors (Lipinski definition) is 7. The third-order valence-electron chi connectivity index (χ3n) is 5.75. The molecule has 2 unspecified atom stereocenters. The number of fused-ring (bicyclic) bond motifs is 1. The molecule has 0 spiro atoms. The Hall–Kier alpha value is -3.62. The molecule has 2 aromatic heterocycles. The minimum atomic E-state index is -0.246. The minimum absolute atomic E-state index is 0.0140. The van der Waals surface area contributed by atoms with E-state index in [1.165, 1.54) is 0 Å². The van der Waals surface area contributed by atoms with Gasteiger partial charge in [-0.25, -0.2) is 9.97 Å². The van der Waals surface area contributed by atoms with E-state index < -0.39 is 0 Å². The topological polar surface area (TPSA) is 94.4 Å². The summed E-state index contributed by atoms with van der Waals surface area (Å²) in [6.07, 6.45) is 7.52. The molecule has 2 aliphatic rings. The predicted molar refractivity (Wildman–Crippen MR) is 118 cm³/mol. The van der Waals surface area contributed by atoms with Gasteiger partial charge in [-0.05, 0) is 31.9 Å². The number of carbonyl (C=O) groups excluding carboxylic acids is 1. The van der Waals surface area contributed by atoms with E-state index in [0.717, 1.165) is 42.4 Å². The van der Waals surface area contributed by atoms with Gasteiger partial charge in [0.25, 0.3) is 0 Å². The van der Waals surface area contributed by atoms with Crippen LogP contribution in [-0.4, -0.2) is 57.3 Å². The molecule has 2 aliphatic heterocycles. The Bertz CT molecular complexity index is 1090. The van der Waals surface area contributed by atoms with Gasteiger partial charge in [0, 0.05) is 43.7 Å². The fraction of sp³-hybridized carbons (Fsp3) is 0.391. The lowest BCUT2D eigenvalue weighted by atomic mass is 10.2. The van der Waals surface area contributed by atoms with Gasteiger partial charge >= 0.3 is 0 Å². The number of anilines is 1. The van der Waals surface area contributed by atoms with Crippen molar-refractivity contribution in [2.75, 3.05) is 24.6 Å². The highest BCUT2D eigenvalue weighted by atomic mass is 16.6. The number of para-hydroxylation sites is 2. The van der Waals surface area contributed by atoms with Crippen LogP contribution in [0.3, 0.4) is 0 Å². The van der Waals surface area contributed by atoms with Crippen molar-refractivity contribution in [1.29, 1.82) is 0 Å². The van der Waals surface area contributed by atoms with Crippen molar-refractivity contribution in [3.8, 4) is 17.4 Å². The monoisotopic (exact) mass is 434 g/mol. The Morgan fingerprint density at radius 3 is 2.97 bits per heavy atom. The van der Waals surface area contributed by atoms with Crippen LogP contribution in [-0.2, 0) is 4.79 Å². The van der Waals surface area contributed by atoms with Crippen molar-refractivity contribution in [2.24, 2.45) is 0 Å². The van der Waals surface area contributed by atoms with Crippen LogP contribution in [0.4, 0.5) is 5.82 Å². The number of aromatic nitrogens is 4. The Balaban J connectivity index is 1.20. The summed E-state index contributed by atoms with van der Waals surface area (Å²) in [6, 6.07) is 9.33. The van der Waals surface area contributed by atoms with Crippen molar-refractivity contribution >= 4 is 11.7 Å². The molecule has 1 aromatic carbocycles. The number of nitrogens with zero attached hydrogens (tertiary/aromatic N) is 5. The zero-order valence-corrected chi connectivity index (χ0v) is 18.0. The molecule has 2 atom stereocenters. The van der Waals surface area contributed by atoms with Gasteiger partial charge in [0.05, 0.1) is 0 Å². The van der Waals surface area contributed by atoms with Crippen molar-refractivity contribution in [3.63, 3.8) is 0 Å². The Labute approximate surface area is 186 Å². The van der Waals surface area contributed by atoms with E-state index in [1.807, 2.05) is 43.5 Å². The molecule has 1 fully saturated rings. The maximum atomic E-state index is 13.0. The zero-order chi connectivity index (χ0) is 21.9. The third kappa shape index (κ3) is 4.23. The number of ether oxygens (including phenoxy) is 2. The van der Waals surface area contributed by atoms with E-state index in [9.17, 15) is 4.79 Å². The van der Waals surface area contributed by atoms with Crippen LogP contribution in [0.2, 0.25) is 0 Å². The summed E-state index contributed by atoms with van der Waals surface area (Å²) in [5.74, 6) is 2.85. The Morgan fingerprint density at radius 2 is 2.12 bits per heavy atom. The quantitative estimate of drug-likeness (QED) is 0.636. The van der Waals surface area contributed by atoms with E-state index in [4.69, 9.17) is 9.47 Å². The van der Waals surface area contributed by atoms with Gasteiger partial charge in [0.15, 0.2) is 11.5 Å². The fourth-order valence-corrected chi connectivity index (χ4v) is 4.17. The number of aryl methyl sites for hydroxylation is 1. The number of carbonyl (C=O) groups is 1. The molecular weight excluding hydrogens is 408 g/mol. The summed E-state index contributed by atoms with van der Waals surface area (Å²) in [4.78, 5) is 28.3. The molecule has 0 bridgehead atoms. The second-order valence-electron chi connectivity index (χ2n) is 8.07. The maximum absolute atomic E-state index is 13.0. The third-order valence-corrected chi connectivity index (χ3v) is 5.75. The summed E-state index contributed by atoms with van der Waals surface area (Å²) < 4.78 is 13.5. The van der Waals surface area contributed by atoms with Crippen LogP contribution in [0.5, 0.6) is 11.5 Å². The van der Waals surface area contributed by atoms with Gasteiger partial charge in [-0.15, -0.1) is 0 Å². The summed E-state index contributed by atoms with van der Waals surface area (Å²) in [5.41, 5.74) is 0.847. The lowest BCUT2D eigenvalue weighted by molar-refractivity contribution is -0.122. The van der Waals surface area contributed by atoms with Crippen LogP contribution in [0.25, 0.3) is 5.95 Å². The van der Waals surface area contributed by atoms with Crippen molar-refractivity contribution < 1.29 is 14.3 Å². The van der Waals surface area contributed by atoms with E-state index in [-0.39, 0.29) is 18.1 Å². The second kappa shape index (κ2) is 8.86. The van der Waals surface area contributed by atoms with Crippen LogP contribution in [0, 0.1) is 6.92 Å². The predicted octanol–water partition coefficient (Wildman–Crippen LogP) is 2.29. The molecule has 1 N–H and O–H groups in total. The SMILES string of the molecule is Cc1cc(N2CCCC2C(=O)NCCC2COc3ccccc3O2)nc(-n2ccnc2)n1. The number of nitrogens with one attached hydrogen (secondary N) is 1. The molecule has 32 heavy (non-hydrogen) atoms. The van der Waals surface area contributed by atoms with E-state index in [2.05, 4.69) is 25.2 Å². The van der Waals surface area contributed by atoms with Crippen LogP contribution < -0.4 is 19.7 Å². The first kappa shape index (κ1) is 20.3. The molecule has 0 saturated carbocycles. The molecule has 166 valence electrons. The average molecular weight is 435 g/mol. The summed E-state index contributed by atoms with van der Waals surface area (Å²) in [6.45, 7) is 3.73. The highest BCUT2D eigenvalue weighted by molar-refractivity contribution is 5.85. The molecule has 3 aromatic rings. The zero-order valence-electron chi connectivity index (χ0n) is 18.0. The summed E-state index contributed by atoms with van der Waals surface area (Å²) in [7, 11) is 0. The average Bonchev–Trinajstić information content (AvgIpc) is 3.51. The van der Waals surface area contributed by atoms with Crippen molar-refractivity contribution in [3.05, 3.63) is 54.7 Å². The first-order valence-corrected chi connectivity index (χ1v) is 10.9. The largest absolute Gasteiger partial charge is 0.486 e. The first-order valence-electron chi connectivity index (χ1n) is 10.9. The minimum Gasteiger partial charge on any atom is -0.486 e. The van der Waals surface area contributed by atoms with Gasteiger partial charge in [-0.3, -0.25) is 9.36 Å². The standard InChI is InChI=1S/C23H26N6O3/c1-16-13-21(27-23(26-16)28-12-10-24-15-28)29-11-4-5-18(29)22(30)25-9-8-17-14-31-19-6-2-3-7-20(19)32-17/h2-3,6-7,10,12-13,15,17-18H,4-5,8-9,11,14H2,1H3,(H,25,30). The maximum Gasteiger partial charge on any atom is 0.242 e. The molecule has 9 nitrogen and oxygen atoms in total. The lowest BCUT2D eigenvalue weighted by Gasteiger charge is -2.27. The summed E-state index contributed by atoms with van der Waals surface area (Å²) >= 11 is 0.